The van der Waals surface area contributed by atoms with Crippen molar-refractivity contribution in [3.05, 3.63) is 21.1 Å². The molecule has 2 aromatic rings. The summed E-state index contributed by atoms with van der Waals surface area (Å²) in [5.41, 5.74) is -0.456. The fourth-order valence-corrected chi connectivity index (χ4v) is 4.25. The third-order valence-corrected chi connectivity index (χ3v) is 6.63. The second kappa shape index (κ2) is 10.4. The van der Waals surface area contributed by atoms with Gasteiger partial charge in [0.05, 0.1) is 25.6 Å². The highest BCUT2D eigenvalue weighted by molar-refractivity contribution is 7.18. The Labute approximate surface area is 214 Å². The lowest BCUT2D eigenvalue weighted by Gasteiger charge is -2.35. The fourth-order valence-electron chi connectivity index (χ4n) is 2.49. The maximum Gasteiger partial charge on any atom is 0.393 e. The van der Waals surface area contributed by atoms with Gasteiger partial charge in [-0.1, -0.05) is 22.7 Å². The lowest BCUT2D eigenvalue weighted by atomic mass is 9.97. The zero-order chi connectivity index (χ0) is 29.4. The fraction of sp³-hybridized carbons (Fsp3) is 0.444. The Morgan fingerprint density at radius 3 is 1.21 bits per heavy atom. The molecule has 2 N–H and O–H groups in total. The first-order chi connectivity index (χ1) is 17.3. The molecule has 0 saturated heterocycles. The Hall–Kier alpha value is -3.42. The number of rotatable bonds is 9. The predicted molar refractivity (Wildman–Crippen MR) is 113 cm³/mol. The number of nitrogens with zero attached hydrogens (tertiary/aromatic N) is 2. The molecule has 0 aliphatic heterocycles. The molecular formula is C18H14F8N4O6S2. The maximum atomic E-state index is 14.2. The van der Waals surface area contributed by atoms with E-state index < -0.39 is 57.7 Å². The lowest BCUT2D eigenvalue weighted by molar-refractivity contribution is -0.345. The van der Waals surface area contributed by atoms with E-state index in [1.807, 2.05) is 0 Å². The molecule has 0 aliphatic carbocycles. The molecule has 0 saturated carbocycles. The minimum Gasteiger partial charge on any atom is -0.465 e. The number of ether oxygens (including phenoxy) is 2. The molecule has 2 amide bonds. The number of hydrogen-bond acceptors (Lipinski definition) is 10. The quantitative estimate of drug-likeness (QED) is 0.328. The van der Waals surface area contributed by atoms with Gasteiger partial charge in [-0.2, -0.15) is 35.1 Å². The maximum absolute atomic E-state index is 14.2. The van der Waals surface area contributed by atoms with Crippen LogP contribution in [0.25, 0.3) is 0 Å². The average molecular weight is 598 g/mol. The Bertz CT molecular complexity index is 1180. The highest BCUT2D eigenvalue weighted by Gasteiger charge is 2.84. The van der Waals surface area contributed by atoms with Crippen LogP contribution in [-0.2, 0) is 19.1 Å². The van der Waals surface area contributed by atoms with Gasteiger partial charge in [0.25, 0.3) is 0 Å². The first kappa shape index (κ1) is 30.8. The molecule has 0 spiro atoms. The molecule has 0 atom stereocenters. The number of nitrogens with one attached hydrogen (secondary N) is 2. The lowest BCUT2D eigenvalue weighted by Crippen LogP contribution is -2.67. The van der Waals surface area contributed by atoms with Crippen molar-refractivity contribution in [3.63, 3.8) is 0 Å². The van der Waals surface area contributed by atoms with E-state index in [1.165, 1.54) is 0 Å². The first-order valence-corrected chi connectivity index (χ1v) is 11.1. The summed E-state index contributed by atoms with van der Waals surface area (Å²) in [5.74, 6) is -35.9. The molecule has 0 aliphatic rings. The number of thiazole rings is 2. The number of amides is 2. The van der Waals surface area contributed by atoms with Crippen LogP contribution in [0.4, 0.5) is 45.4 Å². The van der Waals surface area contributed by atoms with Gasteiger partial charge in [0, 0.05) is 0 Å². The number of anilines is 2. The van der Waals surface area contributed by atoms with Gasteiger partial charge in [0.1, 0.15) is 9.75 Å². The van der Waals surface area contributed by atoms with Gasteiger partial charge in [0.2, 0.25) is 0 Å². The number of hydrogen-bond donors (Lipinski definition) is 2. The Kier molecular flexibility index (Phi) is 8.42. The largest absolute Gasteiger partial charge is 0.465 e. The number of methoxy groups -OCH3 is 2. The first-order valence-electron chi connectivity index (χ1n) is 9.51. The summed E-state index contributed by atoms with van der Waals surface area (Å²) < 4.78 is 122. The van der Waals surface area contributed by atoms with Crippen molar-refractivity contribution >= 4 is 56.7 Å². The minimum absolute atomic E-state index is 0.139. The molecule has 0 unspecified atom stereocenters. The highest BCUT2D eigenvalue weighted by atomic mass is 32.1. The third-order valence-electron chi connectivity index (χ3n) is 4.53. The van der Waals surface area contributed by atoms with Crippen LogP contribution in [0.15, 0.2) is 0 Å². The molecule has 0 bridgehead atoms. The molecule has 10 nitrogen and oxygen atoms in total. The van der Waals surface area contributed by atoms with Gasteiger partial charge in [-0.25, -0.2) is 19.6 Å². The third kappa shape index (κ3) is 5.13. The molecule has 38 heavy (non-hydrogen) atoms. The van der Waals surface area contributed by atoms with Crippen LogP contribution < -0.4 is 10.6 Å². The standard InChI is InChI=1S/C18H14F8N4O6S2/c1-5-7(9(31)35-3)37-13(27-5)29-11(33)15(19,20)17(23,24)18(25,26)16(21,22)12(34)30-14-28-6(2)8(38-14)10(32)36-4/h1-4H3,(H,27,29,33)(H,28,30,34). The summed E-state index contributed by atoms with van der Waals surface area (Å²) in [6.45, 7) is 2.24. The van der Waals surface area contributed by atoms with Crippen LogP contribution in [-0.4, -0.2) is 71.6 Å². The van der Waals surface area contributed by atoms with Crippen molar-refractivity contribution in [1.29, 1.82) is 0 Å². The average Bonchev–Trinajstić information content (AvgIpc) is 3.38. The molecular weight excluding hydrogens is 584 g/mol. The van der Waals surface area contributed by atoms with E-state index in [0.717, 1.165) is 38.7 Å². The van der Waals surface area contributed by atoms with Crippen LogP contribution in [0.1, 0.15) is 30.7 Å². The topological polar surface area (TPSA) is 137 Å². The van der Waals surface area contributed by atoms with E-state index >= 15 is 0 Å². The number of aryl methyl sites for hydroxylation is 2. The summed E-state index contributed by atoms with van der Waals surface area (Å²) >= 11 is 0.278. The molecule has 0 fully saturated rings. The van der Waals surface area contributed by atoms with Crippen LogP contribution in [0.2, 0.25) is 0 Å². The van der Waals surface area contributed by atoms with Gasteiger partial charge in [-0.05, 0) is 13.8 Å². The number of esters is 2. The molecule has 2 aromatic heterocycles. The Morgan fingerprint density at radius 1 is 0.658 bits per heavy atom. The number of aromatic nitrogens is 2. The van der Waals surface area contributed by atoms with Crippen LogP contribution in [0.5, 0.6) is 0 Å². The van der Waals surface area contributed by atoms with E-state index in [0.29, 0.717) is 0 Å². The summed E-state index contributed by atoms with van der Waals surface area (Å²) in [4.78, 5) is 52.6. The summed E-state index contributed by atoms with van der Waals surface area (Å²) in [6.07, 6.45) is 0. The summed E-state index contributed by atoms with van der Waals surface area (Å²) in [5, 5.41) is 0.197. The van der Waals surface area contributed by atoms with E-state index in [-0.39, 0.29) is 43.8 Å². The molecule has 2 rings (SSSR count). The number of alkyl halides is 8. The van der Waals surface area contributed by atoms with Gasteiger partial charge < -0.3 is 9.47 Å². The summed E-state index contributed by atoms with van der Waals surface area (Å²) in [7, 11) is 1.83. The molecule has 2 heterocycles. The number of carbonyl (C=O) groups excluding carboxylic acids is 4. The van der Waals surface area contributed by atoms with Gasteiger partial charge in [-0.3, -0.25) is 20.2 Å². The minimum atomic E-state index is -7.15. The van der Waals surface area contributed by atoms with E-state index in [1.54, 1.807) is 0 Å². The zero-order valence-corrected chi connectivity index (χ0v) is 20.8. The molecule has 0 radical (unpaired) electrons. The van der Waals surface area contributed by atoms with Gasteiger partial charge in [0.15, 0.2) is 10.3 Å². The highest BCUT2D eigenvalue weighted by Crippen LogP contribution is 2.53. The second-order valence-corrected chi connectivity index (χ2v) is 9.05. The SMILES string of the molecule is COC(=O)c1sc(NC(=O)C(F)(F)C(F)(F)C(F)(F)C(F)(F)C(=O)Nc2nc(C)c(C(=O)OC)s2)nc1C. The van der Waals surface area contributed by atoms with Crippen molar-refractivity contribution in [2.45, 2.75) is 37.5 Å². The predicted octanol–water partition coefficient (Wildman–Crippen LogP) is 3.91. The van der Waals surface area contributed by atoms with Crippen LogP contribution in [0.3, 0.4) is 0 Å². The van der Waals surface area contributed by atoms with E-state index in [9.17, 15) is 54.3 Å². The zero-order valence-electron chi connectivity index (χ0n) is 19.2. The Morgan fingerprint density at radius 2 is 0.947 bits per heavy atom. The monoisotopic (exact) mass is 598 g/mol. The van der Waals surface area contributed by atoms with Crippen LogP contribution in [0, 0.1) is 13.8 Å². The van der Waals surface area contributed by atoms with E-state index in [2.05, 4.69) is 19.4 Å². The number of halogens is 8. The van der Waals surface area contributed by atoms with Crippen molar-refractivity contribution in [2.75, 3.05) is 24.9 Å². The summed E-state index contributed by atoms with van der Waals surface area (Å²) in [6, 6.07) is 0. The molecule has 20 heteroatoms. The second-order valence-electron chi connectivity index (χ2n) is 7.06. The smallest absolute Gasteiger partial charge is 0.393 e. The molecule has 210 valence electrons. The van der Waals surface area contributed by atoms with E-state index in [4.69, 9.17) is 0 Å². The van der Waals surface area contributed by atoms with Gasteiger partial charge in [-0.15, -0.1) is 0 Å². The number of carbonyl (C=O) groups is 4. The molecule has 0 aromatic carbocycles. The normalized spacial score (nSPS) is 12.6. The van der Waals surface area contributed by atoms with Crippen molar-refractivity contribution < 1.29 is 63.8 Å². The Balaban J connectivity index is 2.33. The van der Waals surface area contributed by atoms with Crippen molar-refractivity contribution in [1.82, 2.24) is 9.97 Å². The van der Waals surface area contributed by atoms with Gasteiger partial charge >= 0.3 is 47.4 Å². The van der Waals surface area contributed by atoms with Crippen molar-refractivity contribution in [2.24, 2.45) is 0 Å². The van der Waals surface area contributed by atoms with Crippen molar-refractivity contribution in [3.8, 4) is 0 Å². The van der Waals surface area contributed by atoms with Crippen LogP contribution >= 0.6 is 22.7 Å².